The van der Waals surface area contributed by atoms with Crippen molar-refractivity contribution in [2.75, 3.05) is 13.7 Å². The minimum Gasteiger partial charge on any atom is -0.468 e. The molecule has 0 aromatic heterocycles. The Morgan fingerprint density at radius 2 is 1.43 bits per heavy atom. The Labute approximate surface area is 239 Å². The predicted octanol–water partition coefficient (Wildman–Crippen LogP) is 5.70. The first-order chi connectivity index (χ1) is 19.1. The largest absolute Gasteiger partial charge is 0.468 e. The van der Waals surface area contributed by atoms with E-state index in [1.165, 1.54) is 7.11 Å². The minimum atomic E-state index is -0.740. The molecule has 0 aliphatic carbocycles. The molecular weight excluding hydrogens is 514 g/mol. The molecule has 0 bridgehead atoms. The Morgan fingerprint density at radius 3 is 1.98 bits per heavy atom. The maximum absolute atomic E-state index is 12.5. The summed E-state index contributed by atoms with van der Waals surface area (Å²) in [6.07, 6.45) is 6.73. The van der Waals surface area contributed by atoms with Crippen molar-refractivity contribution < 1.29 is 38.1 Å². The Kier molecular flexibility index (Phi) is 17.6. The highest BCUT2D eigenvalue weighted by Gasteiger charge is 2.23. The molecule has 1 aromatic carbocycles. The van der Waals surface area contributed by atoms with Crippen LogP contribution >= 0.6 is 0 Å². The Bertz CT molecular complexity index is 932. The van der Waals surface area contributed by atoms with E-state index in [2.05, 4.69) is 12.2 Å². The highest BCUT2D eigenvalue weighted by atomic mass is 16.6. The Balaban J connectivity index is 2.99. The van der Waals surface area contributed by atoms with Gasteiger partial charge in [0.2, 0.25) is 0 Å². The van der Waals surface area contributed by atoms with Gasteiger partial charge in [0.25, 0.3) is 0 Å². The molecule has 3 atom stereocenters. The van der Waals surface area contributed by atoms with Crippen molar-refractivity contribution in [1.82, 2.24) is 5.32 Å². The Hall–Kier alpha value is -2.94. The average Bonchev–Trinajstić information content (AvgIpc) is 2.91. The van der Waals surface area contributed by atoms with Crippen LogP contribution < -0.4 is 14.8 Å². The molecule has 0 heterocycles. The van der Waals surface area contributed by atoms with Gasteiger partial charge in [-0.1, -0.05) is 65.9 Å². The van der Waals surface area contributed by atoms with E-state index in [9.17, 15) is 19.2 Å². The van der Waals surface area contributed by atoms with E-state index in [-0.39, 0.29) is 49.2 Å². The summed E-state index contributed by atoms with van der Waals surface area (Å²) in [4.78, 5) is 49.5. The third kappa shape index (κ3) is 14.4. The molecule has 1 N–H and O–H groups in total. The second-order valence-corrected chi connectivity index (χ2v) is 10.3. The number of nitrogens with one attached hydrogen (secondary N) is 1. The lowest BCUT2D eigenvalue weighted by molar-refractivity contribution is -0.149. The average molecular weight is 564 g/mol. The van der Waals surface area contributed by atoms with Gasteiger partial charge in [-0.2, -0.15) is 0 Å². The van der Waals surface area contributed by atoms with Crippen LogP contribution in [0.1, 0.15) is 104 Å². The zero-order valence-electron chi connectivity index (χ0n) is 25.2. The second kappa shape index (κ2) is 20.0. The van der Waals surface area contributed by atoms with Gasteiger partial charge < -0.3 is 24.3 Å². The van der Waals surface area contributed by atoms with Crippen molar-refractivity contribution in [3.05, 3.63) is 23.8 Å². The molecule has 0 aliphatic rings. The predicted molar refractivity (Wildman–Crippen MR) is 153 cm³/mol. The Morgan fingerprint density at radius 1 is 0.825 bits per heavy atom. The highest BCUT2D eigenvalue weighted by Crippen LogP contribution is 2.30. The molecule has 226 valence electrons. The molecule has 1 aromatic rings. The third-order valence-corrected chi connectivity index (χ3v) is 6.55. The van der Waals surface area contributed by atoms with Crippen LogP contribution in [-0.4, -0.2) is 49.7 Å². The van der Waals surface area contributed by atoms with Gasteiger partial charge in [0.15, 0.2) is 11.5 Å². The fourth-order valence-corrected chi connectivity index (χ4v) is 3.90. The lowest BCUT2D eigenvalue weighted by Gasteiger charge is -2.21. The number of hydrogen-bond acceptors (Lipinski definition) is 9. The maximum Gasteiger partial charge on any atom is 0.323 e. The van der Waals surface area contributed by atoms with Gasteiger partial charge in [0.05, 0.1) is 7.11 Å². The number of ether oxygens (including phenoxy) is 4. The second-order valence-electron chi connectivity index (χ2n) is 10.3. The first-order valence-electron chi connectivity index (χ1n) is 14.7. The van der Waals surface area contributed by atoms with Crippen LogP contribution in [-0.2, 0) is 35.1 Å². The molecule has 0 radical (unpaired) electrons. The number of hydrogen-bond donors (Lipinski definition) is 1. The molecule has 0 spiro atoms. The summed E-state index contributed by atoms with van der Waals surface area (Å²) >= 11 is 0. The molecule has 9 nitrogen and oxygen atoms in total. The minimum absolute atomic E-state index is 0.138. The summed E-state index contributed by atoms with van der Waals surface area (Å²) in [6.45, 7) is 10.1. The summed E-state index contributed by atoms with van der Waals surface area (Å²) in [7, 11) is 1.30. The fourth-order valence-electron chi connectivity index (χ4n) is 3.90. The van der Waals surface area contributed by atoms with E-state index < -0.39 is 30.1 Å². The number of benzene rings is 1. The van der Waals surface area contributed by atoms with E-state index in [0.29, 0.717) is 18.4 Å². The van der Waals surface area contributed by atoms with E-state index in [1.54, 1.807) is 25.1 Å². The monoisotopic (exact) mass is 563 g/mol. The van der Waals surface area contributed by atoms with Gasteiger partial charge in [-0.25, -0.2) is 0 Å². The van der Waals surface area contributed by atoms with Crippen LogP contribution in [0.15, 0.2) is 18.2 Å². The molecule has 2 unspecified atom stereocenters. The van der Waals surface area contributed by atoms with Gasteiger partial charge in [0.1, 0.15) is 12.1 Å². The maximum atomic E-state index is 12.5. The fraction of sp³-hybridized carbons (Fsp3) is 0.677. The molecular formula is C31H49NO8. The molecule has 9 heteroatoms. The zero-order valence-corrected chi connectivity index (χ0v) is 25.2. The quantitative estimate of drug-likeness (QED) is 0.121. The number of carbonyl (C=O) groups excluding carboxylic acids is 4. The number of carbonyl (C=O) groups is 4. The molecule has 0 aliphatic heterocycles. The topological polar surface area (TPSA) is 117 Å². The van der Waals surface area contributed by atoms with Crippen molar-refractivity contribution in [1.29, 1.82) is 0 Å². The summed E-state index contributed by atoms with van der Waals surface area (Å²) < 4.78 is 21.6. The number of rotatable bonds is 20. The van der Waals surface area contributed by atoms with E-state index in [0.717, 1.165) is 38.5 Å². The highest BCUT2D eigenvalue weighted by molar-refractivity contribution is 5.77. The normalized spacial score (nSPS) is 13.2. The van der Waals surface area contributed by atoms with Crippen molar-refractivity contribution in [3.8, 4) is 11.5 Å². The number of esters is 4. The van der Waals surface area contributed by atoms with Crippen LogP contribution in [0.25, 0.3) is 0 Å². The standard InChI is InChI=1S/C31H49NO8/c1-7-10-12-14-28(33)39-26-17-16-24(20-27(26)40-29(34)15-13-11-8-2)19-25(31(36)37-6)32-21-23(5)38-30(35)18-22(4)9-3/h16-17,20,22-23,25,32H,7-15,18-19,21H2,1-6H3/t22?,23?,25-/m0/s1. The van der Waals surface area contributed by atoms with Gasteiger partial charge in [-0.05, 0) is 49.8 Å². The lowest BCUT2D eigenvalue weighted by atomic mass is 10.0. The number of methoxy groups -OCH3 is 1. The van der Waals surface area contributed by atoms with Gasteiger partial charge in [-0.3, -0.25) is 19.2 Å². The summed E-state index contributed by atoms with van der Waals surface area (Å²) in [5.41, 5.74) is 0.673. The van der Waals surface area contributed by atoms with Crippen LogP contribution in [0.3, 0.4) is 0 Å². The smallest absolute Gasteiger partial charge is 0.323 e. The first-order valence-corrected chi connectivity index (χ1v) is 14.7. The van der Waals surface area contributed by atoms with Crippen molar-refractivity contribution >= 4 is 23.9 Å². The molecule has 0 fully saturated rings. The summed E-state index contributed by atoms with van der Waals surface area (Å²) in [5.74, 6) is -1.02. The van der Waals surface area contributed by atoms with Crippen molar-refractivity contribution in [2.24, 2.45) is 5.92 Å². The van der Waals surface area contributed by atoms with E-state index >= 15 is 0 Å². The van der Waals surface area contributed by atoms with Crippen LogP contribution in [0.2, 0.25) is 0 Å². The van der Waals surface area contributed by atoms with Gasteiger partial charge in [-0.15, -0.1) is 0 Å². The molecule has 40 heavy (non-hydrogen) atoms. The van der Waals surface area contributed by atoms with Crippen molar-refractivity contribution in [2.45, 2.75) is 117 Å². The molecule has 0 saturated carbocycles. The third-order valence-electron chi connectivity index (χ3n) is 6.55. The lowest BCUT2D eigenvalue weighted by Crippen LogP contribution is -2.43. The molecule has 1 rings (SSSR count). The zero-order chi connectivity index (χ0) is 29.9. The van der Waals surface area contributed by atoms with Crippen molar-refractivity contribution in [3.63, 3.8) is 0 Å². The van der Waals surface area contributed by atoms with Gasteiger partial charge in [0, 0.05) is 25.8 Å². The van der Waals surface area contributed by atoms with Gasteiger partial charge >= 0.3 is 23.9 Å². The van der Waals surface area contributed by atoms with Crippen LogP contribution in [0.5, 0.6) is 11.5 Å². The molecule has 0 saturated heterocycles. The summed E-state index contributed by atoms with van der Waals surface area (Å²) in [6, 6.07) is 4.17. The van der Waals surface area contributed by atoms with E-state index in [4.69, 9.17) is 18.9 Å². The molecule has 0 amide bonds. The number of unbranched alkanes of at least 4 members (excludes halogenated alkanes) is 4. The van der Waals surface area contributed by atoms with Crippen LogP contribution in [0.4, 0.5) is 0 Å². The van der Waals surface area contributed by atoms with Crippen LogP contribution in [0, 0.1) is 5.92 Å². The van der Waals surface area contributed by atoms with E-state index in [1.807, 2.05) is 20.8 Å². The first kappa shape index (κ1) is 35.1. The SMILES string of the molecule is CCCCCC(=O)Oc1ccc(C[C@H](NCC(C)OC(=O)CC(C)CC)C(=O)OC)cc1OC(=O)CCCCC. The summed E-state index contributed by atoms with van der Waals surface area (Å²) in [5, 5.41) is 3.12.